The number of phenolic OH excluding ortho intramolecular Hbond substituents is 1. The van der Waals surface area contributed by atoms with Crippen LogP contribution in [-0.4, -0.2) is 25.1 Å². The van der Waals surface area contributed by atoms with Gasteiger partial charge in [0.1, 0.15) is 5.75 Å². The molecule has 188 valence electrons. The van der Waals surface area contributed by atoms with E-state index in [-0.39, 0.29) is 23.7 Å². The fourth-order valence-corrected chi connectivity index (χ4v) is 3.62. The Hall–Kier alpha value is -3.36. The van der Waals surface area contributed by atoms with E-state index >= 15 is 0 Å². The van der Waals surface area contributed by atoms with Gasteiger partial charge in [0.2, 0.25) is 5.91 Å². The smallest absolute Gasteiger partial charge is 0.416 e. The maximum absolute atomic E-state index is 12.7. The van der Waals surface area contributed by atoms with E-state index < -0.39 is 11.7 Å². The monoisotopic (exact) mass is 487 g/mol. The molecule has 1 fully saturated rings. The van der Waals surface area contributed by atoms with Gasteiger partial charge in [-0.3, -0.25) is 4.79 Å². The lowest BCUT2D eigenvalue weighted by molar-refractivity contribution is -0.137. The first-order chi connectivity index (χ1) is 16.6. The predicted octanol–water partition coefficient (Wildman–Crippen LogP) is 5.82. The number of phenols is 1. The molecule has 4 N–H and O–H groups in total. The van der Waals surface area contributed by atoms with E-state index in [1.807, 2.05) is 51.4 Å². The molecule has 1 unspecified atom stereocenters. The van der Waals surface area contributed by atoms with E-state index in [1.54, 1.807) is 18.2 Å². The number of rotatable bonds is 3. The van der Waals surface area contributed by atoms with Crippen molar-refractivity contribution in [3.05, 3.63) is 95.6 Å². The third-order valence-corrected chi connectivity index (χ3v) is 5.27. The summed E-state index contributed by atoms with van der Waals surface area (Å²) in [5.74, 6) is -0.0488. The molecular formula is C27H32F3N3O2. The van der Waals surface area contributed by atoms with Crippen molar-refractivity contribution < 1.29 is 23.1 Å². The number of nitrogens with one attached hydrogen (secondary N) is 1. The Morgan fingerprint density at radius 1 is 1.00 bits per heavy atom. The van der Waals surface area contributed by atoms with E-state index in [0.717, 1.165) is 17.7 Å². The first-order valence-electron chi connectivity index (χ1n) is 11.3. The first kappa shape index (κ1) is 27.9. The zero-order valence-corrected chi connectivity index (χ0v) is 20.1. The number of benzene rings is 3. The Morgan fingerprint density at radius 2 is 1.60 bits per heavy atom. The van der Waals surface area contributed by atoms with E-state index in [2.05, 4.69) is 5.32 Å². The number of hydrogen-bond acceptors (Lipinski definition) is 4. The molecule has 35 heavy (non-hydrogen) atoms. The van der Waals surface area contributed by atoms with Crippen molar-refractivity contribution in [2.75, 3.05) is 19.0 Å². The van der Waals surface area contributed by atoms with E-state index in [4.69, 9.17) is 5.73 Å². The molecule has 1 aliphatic heterocycles. The Balaban J connectivity index is 0.000000299. The number of anilines is 1. The number of amides is 1. The van der Waals surface area contributed by atoms with Crippen LogP contribution in [0.1, 0.15) is 48.5 Å². The molecule has 3 aromatic carbocycles. The Bertz CT molecular complexity index is 1060. The van der Waals surface area contributed by atoms with Gasteiger partial charge in [-0.05, 0) is 75.0 Å². The van der Waals surface area contributed by atoms with Gasteiger partial charge in [0.05, 0.1) is 11.6 Å². The minimum atomic E-state index is -4.40. The molecule has 8 heteroatoms. The molecule has 0 aromatic heterocycles. The molecule has 3 aromatic rings. The van der Waals surface area contributed by atoms with Gasteiger partial charge in [0.15, 0.2) is 0 Å². The number of carbonyl (C=O) groups is 1. The van der Waals surface area contributed by atoms with Gasteiger partial charge >= 0.3 is 6.18 Å². The highest BCUT2D eigenvalue weighted by Crippen LogP contribution is 2.39. The number of halogens is 3. The first-order valence-corrected chi connectivity index (χ1v) is 11.3. The Labute approximate surface area is 204 Å². The van der Waals surface area contributed by atoms with Gasteiger partial charge in [-0.25, -0.2) is 0 Å². The topological polar surface area (TPSA) is 78.6 Å². The van der Waals surface area contributed by atoms with Crippen LogP contribution < -0.4 is 16.0 Å². The maximum atomic E-state index is 12.7. The lowest BCUT2D eigenvalue weighted by atomic mass is 10.0. The molecule has 1 heterocycles. The molecule has 2 atom stereocenters. The van der Waals surface area contributed by atoms with E-state index in [0.29, 0.717) is 18.5 Å². The van der Waals surface area contributed by atoms with E-state index in [9.17, 15) is 23.1 Å². The standard InChI is InChI=1S/C17H14F3NO2.C8H11N.C2H7N/c18-17(19,20)12-4-6-13(7-5-12)21-15(8-9-16(21)23)11-2-1-3-14(22)10-11;1-7(9)8-5-3-2-4-6-8;1-3-2/h1-7,10,15,22H,8-9H2;2-7H,9H2,1H3;3H,1-2H3/t15-;;/m1../s1. The van der Waals surface area contributed by atoms with Crippen molar-refractivity contribution in [1.29, 1.82) is 0 Å². The fraction of sp³-hybridized carbons (Fsp3) is 0.296. The largest absolute Gasteiger partial charge is 0.508 e. The van der Waals surface area contributed by atoms with Gasteiger partial charge in [-0.15, -0.1) is 0 Å². The highest BCUT2D eigenvalue weighted by molar-refractivity contribution is 5.96. The van der Waals surface area contributed by atoms with E-state index in [1.165, 1.54) is 28.7 Å². The second-order valence-electron chi connectivity index (χ2n) is 8.16. The molecule has 5 nitrogen and oxygen atoms in total. The second-order valence-corrected chi connectivity index (χ2v) is 8.16. The highest BCUT2D eigenvalue weighted by atomic mass is 19.4. The van der Waals surface area contributed by atoms with Gasteiger partial charge in [0.25, 0.3) is 0 Å². The molecule has 0 bridgehead atoms. The maximum Gasteiger partial charge on any atom is 0.416 e. The molecule has 1 saturated heterocycles. The lowest BCUT2D eigenvalue weighted by Gasteiger charge is -2.25. The SMILES string of the molecule is CC(N)c1ccccc1.CNC.O=C1CC[C@H](c2cccc(O)c2)N1c1ccc(C(F)(F)F)cc1. The summed E-state index contributed by atoms with van der Waals surface area (Å²) < 4.78 is 38.0. The summed E-state index contributed by atoms with van der Waals surface area (Å²) in [5.41, 5.74) is 7.24. The van der Waals surface area contributed by atoms with Gasteiger partial charge in [-0.1, -0.05) is 42.5 Å². The summed E-state index contributed by atoms with van der Waals surface area (Å²) in [7, 11) is 3.75. The number of hydrogen-bond donors (Lipinski definition) is 3. The van der Waals surface area contributed by atoms with Gasteiger partial charge in [-0.2, -0.15) is 13.2 Å². The summed E-state index contributed by atoms with van der Waals surface area (Å²) in [5, 5.41) is 12.3. The molecule has 4 rings (SSSR count). The number of nitrogens with zero attached hydrogens (tertiary/aromatic N) is 1. The Morgan fingerprint density at radius 3 is 2.09 bits per heavy atom. The summed E-state index contributed by atoms with van der Waals surface area (Å²) >= 11 is 0. The molecule has 0 saturated carbocycles. The molecule has 1 amide bonds. The number of alkyl halides is 3. The average Bonchev–Trinajstić information content (AvgIpc) is 3.21. The van der Waals surface area contributed by atoms with Crippen LogP contribution in [0.15, 0.2) is 78.9 Å². The molecule has 1 aliphatic rings. The zero-order valence-electron chi connectivity index (χ0n) is 20.1. The van der Waals surface area contributed by atoms with Crippen LogP contribution in [0.5, 0.6) is 5.75 Å². The van der Waals surface area contributed by atoms with Crippen molar-refractivity contribution in [3.63, 3.8) is 0 Å². The van der Waals surface area contributed by atoms with Crippen molar-refractivity contribution >= 4 is 11.6 Å². The highest BCUT2D eigenvalue weighted by Gasteiger charge is 2.35. The number of aromatic hydroxyl groups is 1. The summed E-state index contributed by atoms with van der Waals surface area (Å²) in [6.45, 7) is 1.98. The van der Waals surface area contributed by atoms with Crippen LogP contribution in [0.25, 0.3) is 0 Å². The molecular weight excluding hydrogens is 455 g/mol. The minimum Gasteiger partial charge on any atom is -0.508 e. The molecule has 0 spiro atoms. The van der Waals surface area contributed by atoms with Crippen LogP contribution in [0.3, 0.4) is 0 Å². The Kier molecular flexibility index (Phi) is 10.3. The third kappa shape index (κ3) is 8.12. The summed E-state index contributed by atoms with van der Waals surface area (Å²) in [4.78, 5) is 13.7. The summed E-state index contributed by atoms with van der Waals surface area (Å²) in [6, 6.07) is 21.1. The third-order valence-electron chi connectivity index (χ3n) is 5.27. The molecule has 0 radical (unpaired) electrons. The van der Waals surface area contributed by atoms with Crippen LogP contribution in [0.2, 0.25) is 0 Å². The van der Waals surface area contributed by atoms with Crippen molar-refractivity contribution in [1.82, 2.24) is 5.32 Å². The fourth-order valence-electron chi connectivity index (χ4n) is 3.62. The van der Waals surface area contributed by atoms with Crippen LogP contribution >= 0.6 is 0 Å². The molecule has 0 aliphatic carbocycles. The van der Waals surface area contributed by atoms with Crippen LogP contribution in [-0.2, 0) is 11.0 Å². The van der Waals surface area contributed by atoms with Gasteiger partial charge < -0.3 is 21.1 Å². The zero-order chi connectivity index (χ0) is 26.0. The lowest BCUT2D eigenvalue weighted by Crippen LogP contribution is -2.27. The van der Waals surface area contributed by atoms with Crippen molar-refractivity contribution in [2.45, 2.75) is 38.0 Å². The minimum absolute atomic E-state index is 0.0919. The normalized spacial score (nSPS) is 16.0. The van der Waals surface area contributed by atoms with Crippen LogP contribution in [0.4, 0.5) is 18.9 Å². The number of carbonyl (C=O) groups excluding carboxylic acids is 1. The van der Waals surface area contributed by atoms with Crippen molar-refractivity contribution in [2.24, 2.45) is 5.73 Å². The van der Waals surface area contributed by atoms with Crippen molar-refractivity contribution in [3.8, 4) is 5.75 Å². The average molecular weight is 488 g/mol. The van der Waals surface area contributed by atoms with Gasteiger partial charge in [0, 0.05) is 18.2 Å². The van der Waals surface area contributed by atoms with Crippen LogP contribution in [0, 0.1) is 0 Å². The second kappa shape index (κ2) is 12.9. The summed E-state index contributed by atoms with van der Waals surface area (Å²) in [6.07, 6.45) is -3.52. The quantitative estimate of drug-likeness (QED) is 0.435. The predicted molar refractivity (Wildman–Crippen MR) is 133 cm³/mol. The number of nitrogens with two attached hydrogens (primary N) is 1.